The fourth-order valence-electron chi connectivity index (χ4n) is 5.06. The molecule has 0 saturated heterocycles. The van der Waals surface area contributed by atoms with E-state index >= 15 is 4.39 Å². The number of anilines is 1. The van der Waals surface area contributed by atoms with Gasteiger partial charge in [-0.2, -0.15) is 10.2 Å². The number of thioether (sulfide) groups is 1. The van der Waals surface area contributed by atoms with E-state index in [4.69, 9.17) is 40.5 Å². The number of benzene rings is 2. The number of carbonyl (C=O) groups is 1. The zero-order chi connectivity index (χ0) is 33.4. The number of hydrogen-bond acceptors (Lipinski definition) is 10. The molecule has 244 valence electrons. The summed E-state index contributed by atoms with van der Waals surface area (Å²) in [5.41, 5.74) is 2.48. The maximum Gasteiger partial charge on any atom is 0.412 e. The van der Waals surface area contributed by atoms with Crippen molar-refractivity contribution in [2.24, 2.45) is 0 Å². The number of thiophene rings is 1. The van der Waals surface area contributed by atoms with E-state index in [0.29, 0.717) is 50.1 Å². The molecular formula is C32H36ClFN4O5S2Si. The Labute approximate surface area is 281 Å². The summed E-state index contributed by atoms with van der Waals surface area (Å²) in [6.45, 7) is 15.2. The van der Waals surface area contributed by atoms with Gasteiger partial charge in [0, 0.05) is 25.6 Å². The number of nitrogens with one attached hydrogen (secondary N) is 1. The minimum atomic E-state index is -1.27. The maximum absolute atomic E-state index is 15.3. The fourth-order valence-corrected chi connectivity index (χ4v) is 7.80. The van der Waals surface area contributed by atoms with Crippen molar-refractivity contribution in [3.63, 3.8) is 0 Å². The van der Waals surface area contributed by atoms with Crippen molar-refractivity contribution in [1.82, 2.24) is 9.97 Å². The molecule has 5 rings (SSSR count). The second kappa shape index (κ2) is 13.6. The summed E-state index contributed by atoms with van der Waals surface area (Å²) in [7, 11) is -1.27. The van der Waals surface area contributed by atoms with Gasteiger partial charge in [-0.25, -0.2) is 14.2 Å². The molecule has 0 aliphatic carbocycles. The van der Waals surface area contributed by atoms with Gasteiger partial charge in [-0.3, -0.25) is 5.32 Å². The van der Waals surface area contributed by atoms with Crippen LogP contribution in [0, 0.1) is 17.1 Å². The van der Waals surface area contributed by atoms with Crippen LogP contribution in [0.15, 0.2) is 17.3 Å². The van der Waals surface area contributed by atoms with Crippen molar-refractivity contribution in [2.45, 2.75) is 77.4 Å². The average molecular weight is 703 g/mol. The predicted molar refractivity (Wildman–Crippen MR) is 184 cm³/mol. The number of aromatic nitrogens is 2. The number of amides is 1. The fraction of sp³-hybridized carbons (Fsp3) is 0.438. The second-order valence-electron chi connectivity index (χ2n) is 12.9. The highest BCUT2D eigenvalue weighted by Gasteiger charge is 2.31. The van der Waals surface area contributed by atoms with Crippen molar-refractivity contribution in [1.29, 1.82) is 5.26 Å². The Hall–Kier alpha value is -2.99. The number of carbonyl (C=O) groups excluding carboxylic acids is 1. The minimum Gasteiger partial charge on any atom is -0.450 e. The van der Waals surface area contributed by atoms with E-state index in [1.54, 1.807) is 26.8 Å². The highest BCUT2D eigenvalue weighted by atomic mass is 35.5. The molecule has 1 aliphatic rings. The Morgan fingerprint density at radius 1 is 1.22 bits per heavy atom. The molecular weight excluding hydrogens is 667 g/mol. The molecule has 3 heterocycles. The average Bonchev–Trinajstić information content (AvgIpc) is 3.58. The van der Waals surface area contributed by atoms with Crippen molar-refractivity contribution < 1.29 is 28.1 Å². The first-order valence-electron chi connectivity index (χ1n) is 14.8. The van der Waals surface area contributed by atoms with Gasteiger partial charge in [-0.1, -0.05) is 56.0 Å². The molecule has 0 bridgehead atoms. The van der Waals surface area contributed by atoms with Crippen LogP contribution in [0.1, 0.15) is 44.4 Å². The zero-order valence-corrected chi connectivity index (χ0v) is 30.2. The predicted octanol–water partition coefficient (Wildman–Crippen LogP) is 9.36. The van der Waals surface area contributed by atoms with Crippen molar-refractivity contribution in [3.8, 4) is 23.1 Å². The van der Waals surface area contributed by atoms with E-state index in [2.05, 4.69) is 31.0 Å². The van der Waals surface area contributed by atoms with E-state index in [9.17, 15) is 10.1 Å². The Morgan fingerprint density at radius 3 is 2.63 bits per heavy atom. The van der Waals surface area contributed by atoms with Crippen LogP contribution in [0.5, 0.6) is 5.88 Å². The van der Waals surface area contributed by atoms with Crippen molar-refractivity contribution in [3.05, 3.63) is 39.7 Å². The summed E-state index contributed by atoms with van der Waals surface area (Å²) in [5, 5.41) is 14.8. The summed E-state index contributed by atoms with van der Waals surface area (Å²) >= 11 is 9.65. The smallest absolute Gasteiger partial charge is 0.412 e. The second-order valence-corrected chi connectivity index (χ2v) is 21.2. The van der Waals surface area contributed by atoms with Crippen LogP contribution in [0.2, 0.25) is 30.7 Å². The van der Waals surface area contributed by atoms with Crippen LogP contribution in [0.3, 0.4) is 0 Å². The van der Waals surface area contributed by atoms with Gasteiger partial charge in [-0.15, -0.1) is 11.3 Å². The maximum atomic E-state index is 15.3. The van der Waals surface area contributed by atoms with Gasteiger partial charge in [0.25, 0.3) is 0 Å². The van der Waals surface area contributed by atoms with Crippen molar-refractivity contribution >= 4 is 74.9 Å². The molecule has 0 unspecified atom stereocenters. The van der Waals surface area contributed by atoms with Crippen LogP contribution in [0.4, 0.5) is 14.2 Å². The lowest BCUT2D eigenvalue weighted by Gasteiger charge is -2.19. The third-order valence-electron chi connectivity index (χ3n) is 7.08. The summed E-state index contributed by atoms with van der Waals surface area (Å²) in [6.07, 6.45) is -0.745. The Bertz CT molecular complexity index is 1870. The third kappa shape index (κ3) is 7.27. The van der Waals surface area contributed by atoms with Gasteiger partial charge >= 0.3 is 6.09 Å². The lowest BCUT2D eigenvalue weighted by atomic mass is 9.91. The van der Waals surface area contributed by atoms with E-state index in [-0.39, 0.29) is 35.3 Å². The summed E-state index contributed by atoms with van der Waals surface area (Å²) in [5.74, 6) is 0.546. The first-order chi connectivity index (χ1) is 21.7. The van der Waals surface area contributed by atoms with Gasteiger partial charge in [0.05, 0.1) is 39.4 Å². The molecule has 0 spiro atoms. The largest absolute Gasteiger partial charge is 0.450 e. The molecule has 0 fully saturated rings. The molecule has 9 nitrogen and oxygen atoms in total. The topological polar surface area (TPSA) is 116 Å². The third-order valence-corrected chi connectivity index (χ3v) is 11.0. The summed E-state index contributed by atoms with van der Waals surface area (Å²) < 4.78 is 38.8. The Morgan fingerprint density at radius 2 is 1.96 bits per heavy atom. The number of nitrogens with zero attached hydrogens (tertiary/aromatic N) is 3. The lowest BCUT2D eigenvalue weighted by Crippen LogP contribution is -2.27. The SMILES string of the molecule is CCSc1nc(OCOCC[Si](C)(C)C)c2c3c(c(-c4ccc(F)c5sc(NC(=O)OC(C)(C)C)c(C#N)c45)c(Cl)c2n1)COC3. The van der Waals surface area contributed by atoms with Gasteiger partial charge in [0.15, 0.2) is 11.9 Å². The Balaban J connectivity index is 1.67. The first kappa shape index (κ1) is 34.3. The molecule has 0 atom stereocenters. The number of rotatable bonds is 10. The molecule has 1 N–H and O–H groups in total. The van der Waals surface area contributed by atoms with E-state index < -0.39 is 25.6 Å². The van der Waals surface area contributed by atoms with Gasteiger partial charge in [-0.05, 0) is 55.3 Å². The lowest BCUT2D eigenvalue weighted by molar-refractivity contribution is 0.0198. The first-order valence-corrected chi connectivity index (χ1v) is 20.7. The number of halogens is 2. The van der Waals surface area contributed by atoms with Crippen LogP contribution >= 0.6 is 34.7 Å². The van der Waals surface area contributed by atoms with Gasteiger partial charge in [0.2, 0.25) is 5.88 Å². The number of nitriles is 1. The monoisotopic (exact) mass is 702 g/mol. The molecule has 0 saturated carbocycles. The van der Waals surface area contributed by atoms with Crippen LogP contribution in [-0.4, -0.2) is 48.9 Å². The molecule has 46 heavy (non-hydrogen) atoms. The minimum absolute atomic E-state index is 0.0221. The number of fused-ring (bicyclic) bond motifs is 4. The molecule has 1 amide bonds. The van der Waals surface area contributed by atoms with Gasteiger partial charge < -0.3 is 18.9 Å². The van der Waals surface area contributed by atoms with E-state index in [0.717, 1.165) is 34.3 Å². The Kier molecular flexibility index (Phi) is 10.2. The molecule has 2 aromatic carbocycles. The summed E-state index contributed by atoms with van der Waals surface area (Å²) in [6, 6.07) is 6.10. The molecule has 1 aliphatic heterocycles. The molecule has 2 aromatic heterocycles. The molecule has 14 heteroatoms. The van der Waals surface area contributed by atoms with Gasteiger partial charge in [0.1, 0.15) is 22.5 Å². The van der Waals surface area contributed by atoms with E-state index in [1.165, 1.54) is 17.8 Å². The number of hydrogen-bond donors (Lipinski definition) is 1. The van der Waals surface area contributed by atoms with Crippen molar-refractivity contribution in [2.75, 3.05) is 24.5 Å². The van der Waals surface area contributed by atoms with Crippen LogP contribution in [0.25, 0.3) is 32.1 Å². The number of ether oxygens (including phenoxy) is 4. The zero-order valence-electron chi connectivity index (χ0n) is 26.9. The highest BCUT2D eigenvalue weighted by molar-refractivity contribution is 7.99. The highest BCUT2D eigenvalue weighted by Crippen LogP contribution is 2.50. The summed E-state index contributed by atoms with van der Waals surface area (Å²) in [4.78, 5) is 22.2. The quantitative estimate of drug-likeness (QED) is 0.0567. The molecule has 4 aromatic rings. The molecule has 0 radical (unpaired) electrons. The normalized spacial score (nSPS) is 13.2. The van der Waals surface area contributed by atoms with Crippen LogP contribution in [-0.2, 0) is 27.4 Å². The van der Waals surface area contributed by atoms with Crippen LogP contribution < -0.4 is 10.1 Å². The van der Waals surface area contributed by atoms with E-state index in [1.807, 2.05) is 6.92 Å². The standard InChI is InChI=1S/C32H36ClFN4O5S2Si/c1-8-44-30-36-26-24(28(37-30)42-16-40-11-12-46(5,6)7)20-15-41-14-19(20)22(25(26)33)17-9-10-21(34)27-23(17)18(13-35)29(45-27)38-31(39)43-32(2,3)4/h9-10H,8,11-12,14-16H2,1-7H3,(H,38,39).